The van der Waals surface area contributed by atoms with Crippen LogP contribution in [0.25, 0.3) is 11.0 Å². The molecule has 0 saturated carbocycles. The Hall–Kier alpha value is -2.24. The Morgan fingerprint density at radius 1 is 0.542 bits per heavy atom. The Balaban J connectivity index is 2.28. The normalized spacial score (nSPS) is 16.1. The molecule has 0 spiro atoms. The van der Waals surface area contributed by atoms with E-state index in [1.807, 2.05) is 0 Å². The average molecular weight is 322 g/mol. The summed E-state index contributed by atoms with van der Waals surface area (Å²) < 4.78 is 0. The molecule has 2 aliphatic rings. The van der Waals surface area contributed by atoms with Crippen LogP contribution in [0.4, 0.5) is 0 Å². The zero-order chi connectivity index (χ0) is 17.3. The van der Waals surface area contributed by atoms with Crippen molar-refractivity contribution in [3.8, 4) is 0 Å². The first-order chi connectivity index (χ1) is 11.2. The molecule has 24 heavy (non-hydrogen) atoms. The summed E-state index contributed by atoms with van der Waals surface area (Å²) in [5, 5.41) is 3.50. The summed E-state index contributed by atoms with van der Waals surface area (Å²) in [5.74, 6) is 0. The molecule has 0 unspecified atom stereocenters. The number of aromatic nitrogens is 2. The van der Waals surface area contributed by atoms with E-state index >= 15 is 0 Å². The highest BCUT2D eigenvalue weighted by Gasteiger charge is 2.27. The van der Waals surface area contributed by atoms with E-state index in [1.54, 1.807) is 0 Å². The van der Waals surface area contributed by atoms with Gasteiger partial charge < -0.3 is 0 Å². The number of nitrogens with zero attached hydrogens (tertiary/aromatic N) is 6. The van der Waals surface area contributed by atoms with E-state index in [0.717, 1.165) is 43.9 Å². The van der Waals surface area contributed by atoms with Crippen molar-refractivity contribution in [2.24, 2.45) is 20.0 Å². The van der Waals surface area contributed by atoms with Gasteiger partial charge in [-0.1, -0.05) is 41.5 Å². The first-order valence-electron chi connectivity index (χ1n) is 8.30. The Morgan fingerprint density at radius 2 is 0.875 bits per heavy atom. The van der Waals surface area contributed by atoms with Crippen LogP contribution in [-0.4, -0.2) is 23.3 Å². The molecule has 6 heteroatoms. The average Bonchev–Trinajstić information content (AvgIpc) is 3.12. The fraction of sp³-hybridized carbons (Fsp3) is 0.556. The molecule has 6 nitrogen and oxygen atoms in total. The van der Waals surface area contributed by atoms with Gasteiger partial charge in [0, 0.05) is 10.8 Å². The number of rotatable bonds is 0. The second-order valence-electron chi connectivity index (χ2n) is 8.43. The molecule has 0 aliphatic carbocycles. The first kappa shape index (κ1) is 15.3. The van der Waals surface area contributed by atoms with Crippen molar-refractivity contribution in [1.29, 1.82) is 0 Å². The summed E-state index contributed by atoms with van der Waals surface area (Å²) >= 11 is 0. The van der Waals surface area contributed by atoms with Crippen molar-refractivity contribution in [3.05, 3.63) is 32.8 Å². The van der Waals surface area contributed by atoms with Crippen LogP contribution in [0.5, 0.6) is 0 Å². The molecule has 2 aromatic rings. The fourth-order valence-corrected chi connectivity index (χ4v) is 3.21. The minimum absolute atomic E-state index is 0.118. The van der Waals surface area contributed by atoms with Crippen molar-refractivity contribution in [2.75, 3.05) is 13.3 Å². The van der Waals surface area contributed by atoms with Gasteiger partial charge in [0.1, 0.15) is 45.8 Å². The third-order valence-electron chi connectivity index (χ3n) is 4.35. The molecule has 4 heterocycles. The van der Waals surface area contributed by atoms with Gasteiger partial charge in [-0.2, -0.15) is 0 Å². The lowest BCUT2D eigenvalue weighted by atomic mass is 9.89. The van der Waals surface area contributed by atoms with Crippen LogP contribution >= 0.6 is 0 Å². The highest BCUT2D eigenvalue weighted by atomic mass is 15.0. The van der Waals surface area contributed by atoms with Gasteiger partial charge in [0.2, 0.25) is 0 Å². The van der Waals surface area contributed by atoms with Gasteiger partial charge in [-0.25, -0.2) is 9.97 Å². The number of pyridine rings is 2. The third kappa shape index (κ3) is 2.08. The van der Waals surface area contributed by atoms with E-state index < -0.39 is 0 Å². The number of hydrogen-bond acceptors (Lipinski definition) is 6. The highest BCUT2D eigenvalue weighted by molar-refractivity contribution is 5.74. The summed E-state index contributed by atoms with van der Waals surface area (Å²) in [6, 6.07) is 0. The van der Waals surface area contributed by atoms with Crippen molar-refractivity contribution in [2.45, 2.75) is 52.4 Å². The quantitative estimate of drug-likeness (QED) is 0.714. The SMILES string of the molecule is CC(C)(C)c1nc2c3c(c(C(C)(C)C)nc2c2c1=NCN=2)=NCN=3. The fourth-order valence-electron chi connectivity index (χ4n) is 3.21. The molecule has 0 radical (unpaired) electrons. The van der Waals surface area contributed by atoms with Crippen LogP contribution in [0.15, 0.2) is 20.0 Å². The van der Waals surface area contributed by atoms with Gasteiger partial charge in [0.05, 0.1) is 11.4 Å². The zero-order valence-corrected chi connectivity index (χ0v) is 15.1. The van der Waals surface area contributed by atoms with Crippen molar-refractivity contribution >= 4 is 11.0 Å². The van der Waals surface area contributed by atoms with Crippen LogP contribution in [0.1, 0.15) is 52.9 Å². The van der Waals surface area contributed by atoms with Gasteiger partial charge in [-0.15, -0.1) is 0 Å². The van der Waals surface area contributed by atoms with Crippen LogP contribution in [0.3, 0.4) is 0 Å². The summed E-state index contributed by atoms with van der Waals surface area (Å²) in [7, 11) is 0. The summed E-state index contributed by atoms with van der Waals surface area (Å²) in [6.07, 6.45) is 0. The van der Waals surface area contributed by atoms with Crippen LogP contribution in [0.2, 0.25) is 0 Å². The van der Waals surface area contributed by atoms with Gasteiger partial charge in [0.25, 0.3) is 0 Å². The van der Waals surface area contributed by atoms with Crippen LogP contribution in [0, 0.1) is 0 Å². The second kappa shape index (κ2) is 4.65. The molecule has 2 aromatic heterocycles. The Labute approximate surface area is 140 Å². The smallest absolute Gasteiger partial charge is 0.131 e. The van der Waals surface area contributed by atoms with E-state index in [2.05, 4.69) is 61.5 Å². The monoisotopic (exact) mass is 322 g/mol. The Morgan fingerprint density at radius 3 is 1.21 bits per heavy atom. The lowest BCUT2D eigenvalue weighted by Crippen LogP contribution is -2.41. The molecule has 4 rings (SSSR count). The maximum atomic E-state index is 4.94. The Bertz CT molecular complexity index is 1020. The van der Waals surface area contributed by atoms with E-state index in [-0.39, 0.29) is 10.8 Å². The number of fused-ring (bicyclic) bond motifs is 5. The van der Waals surface area contributed by atoms with Crippen LogP contribution < -0.4 is 21.4 Å². The molecule has 0 N–H and O–H groups in total. The predicted octanol–water partition coefficient (Wildman–Crippen LogP) is 0.645. The van der Waals surface area contributed by atoms with E-state index in [9.17, 15) is 0 Å². The molecule has 0 bridgehead atoms. The standard InChI is InChI=1S/C18H22N6/c1-17(2,3)15-13-9(19-7-21-13)12-11(23-15)10-14(22-8-20-10)16(24-12)18(4,5)6/h7-8H2,1-6H3. The molecule has 0 aromatic carbocycles. The maximum absolute atomic E-state index is 4.94. The molecule has 124 valence electrons. The van der Waals surface area contributed by atoms with Crippen LogP contribution in [-0.2, 0) is 10.8 Å². The molecule has 0 atom stereocenters. The Kier molecular flexibility index (Phi) is 2.96. The molecule has 0 fully saturated rings. The molecule has 0 saturated heterocycles. The predicted molar refractivity (Wildman–Crippen MR) is 91.3 cm³/mol. The summed E-state index contributed by atoms with van der Waals surface area (Å²) in [6.45, 7) is 13.8. The minimum Gasteiger partial charge on any atom is -0.258 e. The minimum atomic E-state index is -0.118. The van der Waals surface area contributed by atoms with Crippen molar-refractivity contribution < 1.29 is 0 Å². The summed E-state index contributed by atoms with van der Waals surface area (Å²) in [4.78, 5) is 28.3. The van der Waals surface area contributed by atoms with Gasteiger partial charge in [0.15, 0.2) is 0 Å². The number of hydrogen-bond donors (Lipinski definition) is 0. The van der Waals surface area contributed by atoms with Crippen molar-refractivity contribution in [1.82, 2.24) is 9.97 Å². The molecule has 2 aliphatic heterocycles. The zero-order valence-electron chi connectivity index (χ0n) is 15.1. The van der Waals surface area contributed by atoms with E-state index in [1.165, 1.54) is 0 Å². The molecular weight excluding hydrogens is 300 g/mol. The second-order valence-corrected chi connectivity index (χ2v) is 8.43. The first-order valence-corrected chi connectivity index (χ1v) is 8.30. The van der Waals surface area contributed by atoms with E-state index in [0.29, 0.717) is 13.3 Å². The van der Waals surface area contributed by atoms with Crippen molar-refractivity contribution in [3.63, 3.8) is 0 Å². The largest absolute Gasteiger partial charge is 0.258 e. The van der Waals surface area contributed by atoms with E-state index in [4.69, 9.17) is 9.97 Å². The summed E-state index contributed by atoms with van der Waals surface area (Å²) in [5.41, 5.74) is 3.30. The highest BCUT2D eigenvalue weighted by Crippen LogP contribution is 2.20. The molecular formula is C18H22N6. The lowest BCUT2D eigenvalue weighted by molar-refractivity contribution is 0.558. The van der Waals surface area contributed by atoms with Gasteiger partial charge in [-0.05, 0) is 0 Å². The molecule has 0 amide bonds. The maximum Gasteiger partial charge on any atom is 0.131 e. The van der Waals surface area contributed by atoms with Gasteiger partial charge >= 0.3 is 0 Å². The topological polar surface area (TPSA) is 75.2 Å². The lowest BCUT2D eigenvalue weighted by Gasteiger charge is -2.20. The van der Waals surface area contributed by atoms with Gasteiger partial charge in [-0.3, -0.25) is 20.0 Å². The third-order valence-corrected chi connectivity index (χ3v) is 4.35.